The van der Waals surface area contributed by atoms with Crippen LogP contribution in [0.2, 0.25) is 34.8 Å². The monoisotopic (exact) mass is 458 g/mol. The second-order valence-electron chi connectivity index (χ2n) is 12.0. The first kappa shape index (κ1) is 28.0. The van der Waals surface area contributed by atoms with Gasteiger partial charge in [0.15, 0.2) is 16.6 Å². The molecule has 0 unspecified atom stereocenters. The summed E-state index contributed by atoms with van der Waals surface area (Å²) in [7, 11) is -4.07. The van der Waals surface area contributed by atoms with Crippen LogP contribution in [0.15, 0.2) is 12.2 Å². The highest BCUT2D eigenvalue weighted by Crippen LogP contribution is 2.48. The molecule has 1 heterocycles. The third kappa shape index (κ3) is 5.49. The normalized spacial score (nSPS) is 25.2. The quantitative estimate of drug-likeness (QED) is 0.213. The van der Waals surface area contributed by atoms with Crippen LogP contribution in [0.1, 0.15) is 76.2 Å². The molecule has 6 heteroatoms. The van der Waals surface area contributed by atoms with E-state index in [-0.39, 0.29) is 17.2 Å². The lowest BCUT2D eigenvalue weighted by molar-refractivity contribution is 0.0807. The van der Waals surface area contributed by atoms with Crippen LogP contribution in [0.4, 0.5) is 0 Å². The van der Waals surface area contributed by atoms with Crippen LogP contribution in [-0.2, 0) is 13.6 Å². The number of hydrogen-bond acceptors (Lipinski definition) is 4. The molecular formula is C24H50O4Si2. The molecule has 4 nitrogen and oxygen atoms in total. The number of ether oxygens (including phenoxy) is 1. The van der Waals surface area contributed by atoms with E-state index in [1.807, 2.05) is 13.8 Å². The smallest absolute Gasteiger partial charge is 0.200 e. The maximum absolute atomic E-state index is 10.7. The van der Waals surface area contributed by atoms with Gasteiger partial charge in [-0.2, -0.15) is 0 Å². The number of aliphatic hydroxyl groups is 1. The zero-order chi connectivity index (χ0) is 23.9. The standard InChI is InChI=1S/C24H50O4Si2/c1-16(2)21(25)24(12)22(27-24)20(28-29(13,14)23(9,10)11)15-26-30(17(3)4,18(5)6)19(7)8/h17-22,25H,1,15H2,2-14H3/t20-,21+,22+,24+/m1/s1. The predicted molar refractivity (Wildman–Crippen MR) is 133 cm³/mol. The summed E-state index contributed by atoms with van der Waals surface area (Å²) in [5.74, 6) is 0. The van der Waals surface area contributed by atoms with E-state index in [0.717, 1.165) is 5.57 Å². The highest BCUT2D eigenvalue weighted by Gasteiger charge is 2.62. The van der Waals surface area contributed by atoms with Gasteiger partial charge < -0.3 is 18.7 Å². The fourth-order valence-electron chi connectivity index (χ4n) is 4.86. The zero-order valence-corrected chi connectivity index (χ0v) is 24.1. The van der Waals surface area contributed by atoms with Gasteiger partial charge in [-0.1, -0.05) is 68.9 Å². The predicted octanol–water partition coefficient (Wildman–Crippen LogP) is 6.66. The van der Waals surface area contributed by atoms with Crippen molar-refractivity contribution in [3.63, 3.8) is 0 Å². The molecule has 0 bridgehead atoms. The largest absolute Gasteiger partial charge is 0.413 e. The van der Waals surface area contributed by atoms with Crippen LogP contribution in [0.5, 0.6) is 0 Å². The van der Waals surface area contributed by atoms with Gasteiger partial charge in [-0.15, -0.1) is 0 Å². The van der Waals surface area contributed by atoms with E-state index in [4.69, 9.17) is 13.6 Å². The number of aliphatic hydroxyl groups excluding tert-OH is 1. The molecule has 1 saturated heterocycles. The SMILES string of the molecule is C=C(C)[C@H](O)[C@]1(C)O[C@H]1[C@@H](CO[Si](C(C)C)(C(C)C)C(C)C)O[Si](C)(C)C(C)(C)C. The molecule has 178 valence electrons. The Morgan fingerprint density at radius 2 is 1.50 bits per heavy atom. The van der Waals surface area contributed by atoms with Crippen molar-refractivity contribution in [2.75, 3.05) is 6.61 Å². The van der Waals surface area contributed by atoms with Crippen molar-refractivity contribution in [2.24, 2.45) is 0 Å². The Hall–Kier alpha value is 0.0138. The van der Waals surface area contributed by atoms with E-state index >= 15 is 0 Å². The summed E-state index contributed by atoms with van der Waals surface area (Å²) in [6.45, 7) is 33.4. The van der Waals surface area contributed by atoms with Crippen molar-refractivity contribution < 1.29 is 18.7 Å². The van der Waals surface area contributed by atoms with Crippen molar-refractivity contribution >= 4 is 16.6 Å². The van der Waals surface area contributed by atoms with Crippen molar-refractivity contribution in [3.8, 4) is 0 Å². The minimum atomic E-state index is -2.04. The Bertz CT molecular complexity index is 573. The first-order valence-corrected chi connectivity index (χ1v) is 16.7. The zero-order valence-electron chi connectivity index (χ0n) is 22.1. The molecule has 1 aliphatic rings. The minimum absolute atomic E-state index is 0.0895. The summed E-state index contributed by atoms with van der Waals surface area (Å²) in [6.07, 6.45) is -1.07. The Labute approximate surface area is 189 Å². The van der Waals surface area contributed by atoms with Gasteiger partial charge in [-0.05, 0) is 54.2 Å². The van der Waals surface area contributed by atoms with Crippen molar-refractivity contribution in [2.45, 2.75) is 135 Å². The van der Waals surface area contributed by atoms with E-state index in [9.17, 15) is 5.11 Å². The Morgan fingerprint density at radius 1 is 1.07 bits per heavy atom. The summed E-state index contributed by atoms with van der Waals surface area (Å²) < 4.78 is 19.9. The van der Waals surface area contributed by atoms with Crippen molar-refractivity contribution in [1.82, 2.24) is 0 Å². The van der Waals surface area contributed by atoms with E-state index < -0.39 is 28.3 Å². The molecule has 1 fully saturated rings. The van der Waals surface area contributed by atoms with Crippen LogP contribution >= 0.6 is 0 Å². The fraction of sp³-hybridized carbons (Fsp3) is 0.917. The number of epoxide rings is 1. The number of rotatable bonds is 11. The maximum atomic E-state index is 10.7. The molecule has 0 spiro atoms. The average Bonchev–Trinajstić information content (AvgIpc) is 3.24. The molecular weight excluding hydrogens is 408 g/mol. The molecule has 0 radical (unpaired) electrons. The van der Waals surface area contributed by atoms with E-state index in [1.54, 1.807) is 0 Å². The number of hydrogen-bond donors (Lipinski definition) is 1. The van der Waals surface area contributed by atoms with Gasteiger partial charge in [0.1, 0.15) is 17.8 Å². The molecule has 0 amide bonds. The van der Waals surface area contributed by atoms with Gasteiger partial charge in [-0.25, -0.2) is 0 Å². The molecule has 30 heavy (non-hydrogen) atoms. The van der Waals surface area contributed by atoms with Crippen LogP contribution < -0.4 is 0 Å². The summed E-state index contributed by atoms with van der Waals surface area (Å²) in [6, 6.07) is 0. The lowest BCUT2D eigenvalue weighted by Gasteiger charge is -2.44. The van der Waals surface area contributed by atoms with Crippen LogP contribution in [-0.4, -0.2) is 52.3 Å². The lowest BCUT2D eigenvalue weighted by atomic mass is 9.93. The van der Waals surface area contributed by atoms with E-state index in [0.29, 0.717) is 23.2 Å². The summed E-state index contributed by atoms with van der Waals surface area (Å²) in [4.78, 5) is 0. The molecule has 0 aromatic rings. The minimum Gasteiger partial charge on any atom is -0.413 e. The van der Waals surface area contributed by atoms with Gasteiger partial charge in [0.25, 0.3) is 0 Å². The average molecular weight is 459 g/mol. The van der Waals surface area contributed by atoms with Gasteiger partial charge in [0, 0.05) is 0 Å². The molecule has 1 N–H and O–H groups in total. The molecule has 1 aliphatic heterocycles. The van der Waals surface area contributed by atoms with Gasteiger partial charge in [0.05, 0.1) is 12.7 Å². The van der Waals surface area contributed by atoms with Crippen LogP contribution in [0.3, 0.4) is 0 Å². The van der Waals surface area contributed by atoms with Crippen LogP contribution in [0.25, 0.3) is 0 Å². The molecule has 1 rings (SSSR count). The molecule has 0 aromatic carbocycles. The van der Waals surface area contributed by atoms with Crippen LogP contribution in [0, 0.1) is 0 Å². The second-order valence-corrected chi connectivity index (χ2v) is 22.2. The topological polar surface area (TPSA) is 51.2 Å². The molecule has 0 aromatic heterocycles. The Kier molecular flexibility index (Phi) is 8.86. The third-order valence-electron chi connectivity index (χ3n) is 7.69. The first-order valence-electron chi connectivity index (χ1n) is 11.7. The lowest BCUT2D eigenvalue weighted by Crippen LogP contribution is -2.53. The van der Waals surface area contributed by atoms with E-state index in [2.05, 4.69) is 82.0 Å². The van der Waals surface area contributed by atoms with Crippen molar-refractivity contribution in [3.05, 3.63) is 12.2 Å². The highest BCUT2D eigenvalue weighted by atomic mass is 28.4. The first-order chi connectivity index (χ1) is 13.3. The summed E-state index contributed by atoms with van der Waals surface area (Å²) >= 11 is 0. The highest BCUT2D eigenvalue weighted by molar-refractivity contribution is 6.77. The summed E-state index contributed by atoms with van der Waals surface area (Å²) in [5, 5.41) is 10.8. The summed E-state index contributed by atoms with van der Waals surface area (Å²) in [5.41, 5.74) is 1.61. The fourth-order valence-corrected chi connectivity index (χ4v) is 11.6. The Balaban J connectivity index is 3.21. The maximum Gasteiger partial charge on any atom is 0.200 e. The third-order valence-corrected chi connectivity index (χ3v) is 18.3. The van der Waals surface area contributed by atoms with Gasteiger partial charge >= 0.3 is 0 Å². The second kappa shape index (κ2) is 9.48. The van der Waals surface area contributed by atoms with Gasteiger partial charge in [0.2, 0.25) is 0 Å². The van der Waals surface area contributed by atoms with Crippen molar-refractivity contribution in [1.29, 1.82) is 0 Å². The van der Waals surface area contributed by atoms with E-state index in [1.165, 1.54) is 0 Å². The molecule has 0 saturated carbocycles. The Morgan fingerprint density at radius 3 is 1.83 bits per heavy atom. The van der Waals surface area contributed by atoms with Gasteiger partial charge in [-0.3, -0.25) is 0 Å². The molecule has 0 aliphatic carbocycles. The molecule has 4 atom stereocenters.